The molecule has 0 aromatic heterocycles. The molecule has 1 saturated heterocycles. The van der Waals surface area contributed by atoms with Crippen LogP contribution in [0.3, 0.4) is 0 Å². The highest BCUT2D eigenvalue weighted by molar-refractivity contribution is 4.93. The summed E-state index contributed by atoms with van der Waals surface area (Å²) in [6.45, 7) is 8.32. The van der Waals surface area contributed by atoms with Crippen molar-refractivity contribution in [1.29, 1.82) is 0 Å². The molecule has 2 N–H and O–H groups in total. The summed E-state index contributed by atoms with van der Waals surface area (Å²) >= 11 is 0. The second kappa shape index (κ2) is 6.73. The molecular weight excluding hydrogens is 250 g/mol. The van der Waals surface area contributed by atoms with Crippen molar-refractivity contribution in [2.45, 2.75) is 44.6 Å². The summed E-state index contributed by atoms with van der Waals surface area (Å²) in [5, 5.41) is 12.8. The van der Waals surface area contributed by atoms with E-state index < -0.39 is 0 Å². The molecule has 0 spiro atoms. The molecule has 0 radical (unpaired) electrons. The first-order valence-corrected chi connectivity index (χ1v) is 8.59. The summed E-state index contributed by atoms with van der Waals surface area (Å²) in [6.07, 6.45) is 8.49. The molecule has 0 aromatic carbocycles. The number of aliphatic hydroxyl groups is 1. The molecule has 0 amide bonds. The largest absolute Gasteiger partial charge is 0.395 e. The zero-order valence-electron chi connectivity index (χ0n) is 12.8. The van der Waals surface area contributed by atoms with Crippen molar-refractivity contribution in [2.75, 3.05) is 52.4 Å². The maximum absolute atomic E-state index is 9.02. The van der Waals surface area contributed by atoms with E-state index in [1.165, 1.54) is 64.7 Å². The normalized spacial score (nSPS) is 28.1. The molecular formula is C16H31N3O. The molecule has 0 atom stereocenters. The van der Waals surface area contributed by atoms with Gasteiger partial charge in [-0.05, 0) is 31.1 Å². The monoisotopic (exact) mass is 281 g/mol. The molecule has 20 heavy (non-hydrogen) atoms. The highest BCUT2D eigenvalue weighted by Crippen LogP contribution is 2.39. The number of rotatable bonds is 7. The molecule has 0 unspecified atom stereocenters. The molecule has 3 fully saturated rings. The Morgan fingerprint density at radius 1 is 1.00 bits per heavy atom. The van der Waals surface area contributed by atoms with Gasteiger partial charge in [0.25, 0.3) is 0 Å². The SMILES string of the molecule is OCCN1CCN(CC2(CNC3CC3)CCCC2)CC1. The van der Waals surface area contributed by atoms with E-state index in [0.717, 1.165) is 25.7 Å². The van der Waals surface area contributed by atoms with Crippen LogP contribution in [-0.2, 0) is 0 Å². The van der Waals surface area contributed by atoms with Crippen molar-refractivity contribution < 1.29 is 5.11 Å². The lowest BCUT2D eigenvalue weighted by atomic mass is 9.85. The quantitative estimate of drug-likeness (QED) is 0.727. The summed E-state index contributed by atoms with van der Waals surface area (Å²) in [5.74, 6) is 0. The van der Waals surface area contributed by atoms with Crippen molar-refractivity contribution in [3.05, 3.63) is 0 Å². The molecule has 3 aliphatic rings. The van der Waals surface area contributed by atoms with Crippen LogP contribution < -0.4 is 5.32 Å². The zero-order chi connectivity index (χ0) is 13.8. The average molecular weight is 281 g/mol. The van der Waals surface area contributed by atoms with Gasteiger partial charge in [0, 0.05) is 51.9 Å². The molecule has 4 heteroatoms. The smallest absolute Gasteiger partial charge is 0.0558 e. The van der Waals surface area contributed by atoms with Crippen LogP contribution in [0.25, 0.3) is 0 Å². The van der Waals surface area contributed by atoms with Gasteiger partial charge in [0.2, 0.25) is 0 Å². The number of hydrogen-bond donors (Lipinski definition) is 2. The fourth-order valence-corrected chi connectivity index (χ4v) is 3.95. The van der Waals surface area contributed by atoms with Crippen molar-refractivity contribution in [1.82, 2.24) is 15.1 Å². The lowest BCUT2D eigenvalue weighted by Gasteiger charge is -2.40. The first-order valence-electron chi connectivity index (χ1n) is 8.59. The Labute approximate surface area is 123 Å². The first-order chi connectivity index (χ1) is 9.80. The van der Waals surface area contributed by atoms with Gasteiger partial charge < -0.3 is 15.3 Å². The van der Waals surface area contributed by atoms with Crippen LogP contribution in [0.2, 0.25) is 0 Å². The summed E-state index contributed by atoms with van der Waals surface area (Å²) in [5.41, 5.74) is 0.557. The highest BCUT2D eigenvalue weighted by atomic mass is 16.3. The van der Waals surface area contributed by atoms with E-state index in [1.807, 2.05) is 0 Å². The van der Waals surface area contributed by atoms with Crippen LogP contribution in [0.1, 0.15) is 38.5 Å². The van der Waals surface area contributed by atoms with Gasteiger partial charge in [-0.15, -0.1) is 0 Å². The van der Waals surface area contributed by atoms with Gasteiger partial charge in [-0.3, -0.25) is 4.90 Å². The van der Waals surface area contributed by atoms with Crippen molar-refractivity contribution in [2.24, 2.45) is 5.41 Å². The molecule has 2 saturated carbocycles. The zero-order valence-corrected chi connectivity index (χ0v) is 12.8. The van der Waals surface area contributed by atoms with Crippen LogP contribution in [0.15, 0.2) is 0 Å². The predicted octanol–water partition coefficient (Wildman–Crippen LogP) is 0.909. The minimum atomic E-state index is 0.301. The van der Waals surface area contributed by atoms with Gasteiger partial charge in [0.15, 0.2) is 0 Å². The minimum absolute atomic E-state index is 0.301. The summed E-state index contributed by atoms with van der Waals surface area (Å²) in [4.78, 5) is 5.06. The van der Waals surface area contributed by atoms with E-state index in [2.05, 4.69) is 15.1 Å². The number of hydrogen-bond acceptors (Lipinski definition) is 4. The van der Waals surface area contributed by atoms with Gasteiger partial charge in [-0.25, -0.2) is 0 Å². The van der Waals surface area contributed by atoms with Crippen LogP contribution in [0.5, 0.6) is 0 Å². The third-order valence-electron chi connectivity index (χ3n) is 5.45. The number of nitrogens with one attached hydrogen (secondary N) is 1. The molecule has 1 heterocycles. The lowest BCUT2D eigenvalue weighted by molar-refractivity contribution is 0.0757. The molecule has 4 nitrogen and oxygen atoms in total. The van der Waals surface area contributed by atoms with Gasteiger partial charge in [0.1, 0.15) is 0 Å². The molecule has 116 valence electrons. The van der Waals surface area contributed by atoms with Crippen molar-refractivity contribution >= 4 is 0 Å². The van der Waals surface area contributed by atoms with Crippen LogP contribution in [-0.4, -0.2) is 73.4 Å². The maximum Gasteiger partial charge on any atom is 0.0558 e. The van der Waals surface area contributed by atoms with Crippen molar-refractivity contribution in [3.8, 4) is 0 Å². The van der Waals surface area contributed by atoms with Gasteiger partial charge in [0.05, 0.1) is 6.61 Å². The van der Waals surface area contributed by atoms with E-state index in [1.54, 1.807) is 0 Å². The maximum atomic E-state index is 9.02. The van der Waals surface area contributed by atoms with Crippen LogP contribution in [0, 0.1) is 5.41 Å². The Bertz CT molecular complexity index is 292. The fourth-order valence-electron chi connectivity index (χ4n) is 3.95. The van der Waals surface area contributed by atoms with Crippen LogP contribution >= 0.6 is 0 Å². The highest BCUT2D eigenvalue weighted by Gasteiger charge is 2.37. The van der Waals surface area contributed by atoms with E-state index in [0.29, 0.717) is 12.0 Å². The third-order valence-corrected chi connectivity index (χ3v) is 5.45. The number of β-amino-alcohol motifs (C(OH)–C–C–N with tert-alkyl or cyclic N) is 1. The molecule has 0 bridgehead atoms. The summed E-state index contributed by atoms with van der Waals surface area (Å²) in [7, 11) is 0. The van der Waals surface area contributed by atoms with E-state index in [9.17, 15) is 0 Å². The summed E-state index contributed by atoms with van der Waals surface area (Å²) in [6, 6.07) is 0.842. The third kappa shape index (κ3) is 3.94. The second-order valence-electron chi connectivity index (χ2n) is 7.20. The Hall–Kier alpha value is -0.160. The molecule has 0 aromatic rings. The number of nitrogens with zero attached hydrogens (tertiary/aromatic N) is 2. The minimum Gasteiger partial charge on any atom is -0.395 e. The first kappa shape index (κ1) is 14.8. The second-order valence-corrected chi connectivity index (χ2v) is 7.20. The Morgan fingerprint density at radius 3 is 2.25 bits per heavy atom. The lowest BCUT2D eigenvalue weighted by Crippen LogP contribution is -2.51. The number of piperazine rings is 1. The Balaban J connectivity index is 1.46. The van der Waals surface area contributed by atoms with E-state index >= 15 is 0 Å². The summed E-state index contributed by atoms with van der Waals surface area (Å²) < 4.78 is 0. The Morgan fingerprint density at radius 2 is 1.65 bits per heavy atom. The van der Waals surface area contributed by atoms with Gasteiger partial charge in [-0.1, -0.05) is 12.8 Å². The van der Waals surface area contributed by atoms with Gasteiger partial charge in [-0.2, -0.15) is 0 Å². The Kier molecular flexibility index (Phi) is 4.97. The van der Waals surface area contributed by atoms with E-state index in [-0.39, 0.29) is 0 Å². The number of aliphatic hydroxyl groups excluding tert-OH is 1. The predicted molar refractivity (Wildman–Crippen MR) is 81.9 cm³/mol. The molecule has 2 aliphatic carbocycles. The van der Waals surface area contributed by atoms with Crippen LogP contribution in [0.4, 0.5) is 0 Å². The standard InChI is InChI=1S/C16H31N3O/c20-12-11-18-7-9-19(10-8-18)14-16(5-1-2-6-16)13-17-15-3-4-15/h15,17,20H,1-14H2. The fraction of sp³-hybridized carbons (Fsp3) is 1.00. The van der Waals surface area contributed by atoms with Gasteiger partial charge >= 0.3 is 0 Å². The molecule has 3 rings (SSSR count). The molecule has 1 aliphatic heterocycles. The topological polar surface area (TPSA) is 38.7 Å². The van der Waals surface area contributed by atoms with Crippen molar-refractivity contribution in [3.63, 3.8) is 0 Å². The average Bonchev–Trinajstić information content (AvgIpc) is 3.19. The van der Waals surface area contributed by atoms with E-state index in [4.69, 9.17) is 5.11 Å².